The quantitative estimate of drug-likeness (QED) is 0.738. The number of aryl methyl sites for hydroxylation is 3. The Morgan fingerprint density at radius 1 is 1.33 bits per heavy atom. The summed E-state index contributed by atoms with van der Waals surface area (Å²) in [6, 6.07) is 1.87. The van der Waals surface area contributed by atoms with E-state index in [4.69, 9.17) is 5.73 Å². The van der Waals surface area contributed by atoms with E-state index in [1.165, 1.54) is 10.9 Å². The van der Waals surface area contributed by atoms with Gasteiger partial charge in [0.15, 0.2) is 11.3 Å². The lowest BCUT2D eigenvalue weighted by atomic mass is 10.2. The number of carbonyl (C=O) groups excluding carboxylic acids is 2. The molecule has 0 aliphatic rings. The van der Waals surface area contributed by atoms with Crippen molar-refractivity contribution in [2.45, 2.75) is 27.3 Å². The molecule has 124 valence electrons. The van der Waals surface area contributed by atoms with Crippen molar-refractivity contribution in [1.82, 2.24) is 24.4 Å². The normalized spacial score (nSPS) is 11.0. The van der Waals surface area contributed by atoms with Crippen molar-refractivity contribution >= 4 is 23.1 Å². The van der Waals surface area contributed by atoms with E-state index in [-0.39, 0.29) is 11.4 Å². The number of hydrogen-bond donors (Lipinski definition) is 2. The fraction of sp³-hybridized carbons (Fsp3) is 0.267. The van der Waals surface area contributed by atoms with Crippen LogP contribution in [0.5, 0.6) is 0 Å². The molecule has 9 heteroatoms. The van der Waals surface area contributed by atoms with E-state index >= 15 is 0 Å². The van der Waals surface area contributed by atoms with Crippen LogP contribution in [0.1, 0.15) is 39.2 Å². The highest BCUT2D eigenvalue weighted by molar-refractivity contribution is 6.10. The van der Waals surface area contributed by atoms with Gasteiger partial charge < -0.3 is 11.1 Å². The molecule has 2 amide bonds. The molecule has 0 atom stereocenters. The van der Waals surface area contributed by atoms with Gasteiger partial charge in [-0.3, -0.25) is 14.3 Å². The van der Waals surface area contributed by atoms with Crippen LogP contribution in [-0.4, -0.2) is 36.2 Å². The molecule has 24 heavy (non-hydrogen) atoms. The number of nitrogens with one attached hydrogen (secondary N) is 1. The molecule has 0 unspecified atom stereocenters. The van der Waals surface area contributed by atoms with Gasteiger partial charge in [0.1, 0.15) is 5.56 Å². The molecule has 0 aliphatic carbocycles. The number of nitrogens with two attached hydrogens (primary N) is 1. The zero-order chi connectivity index (χ0) is 17.4. The van der Waals surface area contributed by atoms with Crippen LogP contribution in [0.2, 0.25) is 0 Å². The second-order valence-corrected chi connectivity index (χ2v) is 5.40. The van der Waals surface area contributed by atoms with Crippen LogP contribution in [0.3, 0.4) is 0 Å². The van der Waals surface area contributed by atoms with Crippen LogP contribution in [-0.2, 0) is 6.54 Å². The Labute approximate surface area is 137 Å². The van der Waals surface area contributed by atoms with Crippen LogP contribution in [0.25, 0.3) is 5.65 Å². The molecule has 3 rings (SSSR count). The minimum Gasteiger partial charge on any atom is -0.364 e. The smallest absolute Gasteiger partial charge is 0.271 e. The van der Waals surface area contributed by atoms with Gasteiger partial charge in [-0.25, -0.2) is 9.50 Å². The van der Waals surface area contributed by atoms with Crippen molar-refractivity contribution in [3.8, 4) is 0 Å². The van der Waals surface area contributed by atoms with Crippen LogP contribution >= 0.6 is 0 Å². The Hall–Kier alpha value is -3.23. The Morgan fingerprint density at radius 2 is 2.08 bits per heavy atom. The molecule has 0 radical (unpaired) electrons. The monoisotopic (exact) mass is 327 g/mol. The van der Waals surface area contributed by atoms with E-state index in [1.54, 1.807) is 10.7 Å². The average Bonchev–Trinajstić information content (AvgIpc) is 3.11. The van der Waals surface area contributed by atoms with Crippen LogP contribution in [0.15, 0.2) is 18.5 Å². The van der Waals surface area contributed by atoms with Crippen molar-refractivity contribution < 1.29 is 9.59 Å². The highest BCUT2D eigenvalue weighted by Gasteiger charge is 2.20. The average molecular weight is 327 g/mol. The minimum atomic E-state index is -0.706. The topological polar surface area (TPSA) is 120 Å². The molecule has 0 saturated carbocycles. The molecular weight excluding hydrogens is 310 g/mol. The zero-order valence-corrected chi connectivity index (χ0v) is 13.6. The summed E-state index contributed by atoms with van der Waals surface area (Å²) in [4.78, 5) is 28.4. The summed E-state index contributed by atoms with van der Waals surface area (Å²) in [5.41, 5.74) is 8.00. The highest BCUT2D eigenvalue weighted by atomic mass is 16.2. The summed E-state index contributed by atoms with van der Waals surface area (Å²) in [5.74, 6) is -1.14. The first kappa shape index (κ1) is 15.7. The lowest BCUT2D eigenvalue weighted by molar-refractivity contribution is 0.0995. The Bertz CT molecular complexity index is 954. The number of hydrogen-bond acceptors (Lipinski definition) is 5. The number of carbonyl (C=O) groups is 2. The number of nitrogens with zero attached hydrogens (tertiary/aromatic N) is 5. The van der Waals surface area contributed by atoms with Crippen molar-refractivity contribution in [2.24, 2.45) is 5.73 Å². The Kier molecular flexibility index (Phi) is 3.76. The molecule has 0 spiro atoms. The Balaban J connectivity index is 1.99. The molecule has 0 aliphatic heterocycles. The highest BCUT2D eigenvalue weighted by Crippen LogP contribution is 2.17. The summed E-state index contributed by atoms with van der Waals surface area (Å²) in [7, 11) is 0. The number of amides is 2. The zero-order valence-electron chi connectivity index (χ0n) is 13.6. The lowest BCUT2D eigenvalue weighted by Crippen LogP contribution is -2.18. The molecule has 3 heterocycles. The van der Waals surface area contributed by atoms with Crippen LogP contribution in [0.4, 0.5) is 5.69 Å². The molecule has 3 aromatic heterocycles. The first-order valence-corrected chi connectivity index (χ1v) is 7.41. The second kappa shape index (κ2) is 5.76. The van der Waals surface area contributed by atoms with Crippen molar-refractivity contribution in [2.75, 3.05) is 5.32 Å². The minimum absolute atomic E-state index is 0.0157. The van der Waals surface area contributed by atoms with E-state index in [1.807, 2.05) is 26.8 Å². The van der Waals surface area contributed by atoms with E-state index in [0.29, 0.717) is 17.8 Å². The van der Waals surface area contributed by atoms with Crippen molar-refractivity contribution in [1.29, 1.82) is 0 Å². The van der Waals surface area contributed by atoms with Crippen LogP contribution in [0, 0.1) is 13.8 Å². The maximum atomic E-state index is 12.6. The van der Waals surface area contributed by atoms with Gasteiger partial charge in [0.25, 0.3) is 11.8 Å². The summed E-state index contributed by atoms with van der Waals surface area (Å²) in [6.45, 7) is 6.14. The molecule has 3 aromatic rings. The summed E-state index contributed by atoms with van der Waals surface area (Å²) >= 11 is 0. The SMILES string of the molecule is CCn1cc(NC(=O)c2cnn3c(C)cc(C)nc23)c(C(N)=O)n1. The third kappa shape index (κ3) is 2.60. The molecule has 0 fully saturated rings. The van der Waals surface area contributed by atoms with Gasteiger partial charge in [0, 0.05) is 24.1 Å². The fourth-order valence-electron chi connectivity index (χ4n) is 2.48. The standard InChI is InChI=1S/C15H17N7O2/c1-4-21-7-11(12(20-21)13(16)23)19-15(24)10-6-17-22-9(3)5-8(2)18-14(10)22/h5-7H,4H2,1-3H3,(H2,16,23)(H,19,24). The first-order valence-electron chi connectivity index (χ1n) is 7.41. The van der Waals surface area contributed by atoms with E-state index < -0.39 is 11.8 Å². The fourth-order valence-corrected chi connectivity index (χ4v) is 2.48. The van der Waals surface area contributed by atoms with Gasteiger partial charge in [-0.05, 0) is 26.8 Å². The second-order valence-electron chi connectivity index (χ2n) is 5.40. The predicted octanol–water partition coefficient (Wildman–Crippen LogP) is 0.914. The summed E-state index contributed by atoms with van der Waals surface area (Å²) in [5, 5.41) is 10.9. The largest absolute Gasteiger partial charge is 0.364 e. The number of primary amides is 1. The van der Waals surface area contributed by atoms with E-state index in [0.717, 1.165) is 11.4 Å². The maximum Gasteiger partial charge on any atom is 0.271 e. The number of aromatic nitrogens is 5. The molecular formula is C15H17N7O2. The maximum absolute atomic E-state index is 12.6. The molecule has 0 bridgehead atoms. The Morgan fingerprint density at radius 3 is 2.75 bits per heavy atom. The van der Waals surface area contributed by atoms with Gasteiger partial charge in [-0.2, -0.15) is 10.2 Å². The predicted molar refractivity (Wildman–Crippen MR) is 86.8 cm³/mol. The number of anilines is 1. The lowest BCUT2D eigenvalue weighted by Gasteiger charge is -2.04. The van der Waals surface area contributed by atoms with Crippen molar-refractivity contribution in [3.63, 3.8) is 0 Å². The summed E-state index contributed by atoms with van der Waals surface area (Å²) in [6.07, 6.45) is 3.01. The third-order valence-corrected chi connectivity index (χ3v) is 3.59. The van der Waals surface area contributed by atoms with Gasteiger partial charge in [0.05, 0.1) is 11.9 Å². The van der Waals surface area contributed by atoms with Gasteiger partial charge >= 0.3 is 0 Å². The number of fused-ring (bicyclic) bond motifs is 1. The van der Waals surface area contributed by atoms with Gasteiger partial charge in [-0.1, -0.05) is 0 Å². The van der Waals surface area contributed by atoms with Gasteiger partial charge in [-0.15, -0.1) is 0 Å². The van der Waals surface area contributed by atoms with E-state index in [9.17, 15) is 9.59 Å². The number of rotatable bonds is 4. The third-order valence-electron chi connectivity index (χ3n) is 3.59. The molecule has 0 aromatic carbocycles. The van der Waals surface area contributed by atoms with Crippen molar-refractivity contribution in [3.05, 3.63) is 41.1 Å². The van der Waals surface area contributed by atoms with E-state index in [2.05, 4.69) is 20.5 Å². The summed E-state index contributed by atoms with van der Waals surface area (Å²) < 4.78 is 3.12. The first-order chi connectivity index (χ1) is 11.4. The molecule has 3 N–H and O–H groups in total. The molecule has 9 nitrogen and oxygen atoms in total. The van der Waals surface area contributed by atoms with Crippen LogP contribution < -0.4 is 11.1 Å². The molecule has 0 saturated heterocycles. The van der Waals surface area contributed by atoms with Gasteiger partial charge in [0.2, 0.25) is 0 Å².